The van der Waals surface area contributed by atoms with Gasteiger partial charge in [-0.1, -0.05) is 19.3 Å². The number of aryl methyl sites for hydroxylation is 2. The summed E-state index contributed by atoms with van der Waals surface area (Å²) in [5.41, 5.74) is 1.31. The van der Waals surface area contributed by atoms with Crippen molar-refractivity contribution in [3.05, 3.63) is 11.3 Å². The molecule has 1 aromatic heterocycles. The lowest BCUT2D eigenvalue weighted by Crippen LogP contribution is -2.15. The van der Waals surface area contributed by atoms with Crippen LogP contribution in [0.15, 0.2) is 0 Å². The van der Waals surface area contributed by atoms with Gasteiger partial charge in [-0.15, -0.1) is 0 Å². The Morgan fingerprint density at radius 3 is 2.88 bits per heavy atom. The summed E-state index contributed by atoms with van der Waals surface area (Å²) in [4.78, 5) is 0. The third-order valence-corrected chi connectivity index (χ3v) is 3.27. The molecule has 0 atom stereocenters. The summed E-state index contributed by atoms with van der Waals surface area (Å²) in [7, 11) is 1.81. The van der Waals surface area contributed by atoms with Gasteiger partial charge in [0.1, 0.15) is 11.6 Å². The Balaban J connectivity index is 1.95. The van der Waals surface area contributed by atoms with Gasteiger partial charge in [0.2, 0.25) is 5.88 Å². The number of hydrogen-bond donors (Lipinski definition) is 0. The van der Waals surface area contributed by atoms with Crippen LogP contribution >= 0.6 is 0 Å². The molecule has 0 radical (unpaired) electrons. The van der Waals surface area contributed by atoms with Crippen molar-refractivity contribution in [2.45, 2.75) is 32.6 Å². The highest BCUT2D eigenvalue weighted by atomic mass is 16.5. The summed E-state index contributed by atoms with van der Waals surface area (Å²) in [6, 6.07) is 2.14. The predicted molar refractivity (Wildman–Crippen MR) is 60.1 cm³/mol. The molecule has 0 spiro atoms. The Kier molecular flexibility index (Phi) is 3.14. The molecule has 2 rings (SSSR count). The van der Waals surface area contributed by atoms with Gasteiger partial charge in [0.05, 0.1) is 12.3 Å². The molecule has 0 N–H and O–H groups in total. The highest BCUT2D eigenvalue weighted by molar-refractivity contribution is 5.41. The third kappa shape index (κ3) is 2.04. The molecule has 1 aliphatic carbocycles. The zero-order chi connectivity index (χ0) is 11.5. The molecule has 86 valence electrons. The molecule has 0 aromatic carbocycles. The lowest BCUT2D eigenvalue weighted by molar-refractivity contribution is 0.211. The van der Waals surface area contributed by atoms with Crippen LogP contribution in [-0.2, 0) is 7.05 Å². The standard InChI is InChI=1S/C12H17N3O/c1-9-11(8-13)12(15(2)14-9)16-7-6-10-4-3-5-10/h10H,3-7H2,1-2H3. The van der Waals surface area contributed by atoms with Gasteiger partial charge in [-0.3, -0.25) is 0 Å². The van der Waals surface area contributed by atoms with Gasteiger partial charge in [-0.25, -0.2) is 4.68 Å². The average molecular weight is 219 g/mol. The topological polar surface area (TPSA) is 50.8 Å². The molecular weight excluding hydrogens is 202 g/mol. The maximum Gasteiger partial charge on any atom is 0.230 e. The van der Waals surface area contributed by atoms with Gasteiger partial charge in [-0.2, -0.15) is 10.4 Å². The van der Waals surface area contributed by atoms with Crippen molar-refractivity contribution in [3.8, 4) is 11.9 Å². The van der Waals surface area contributed by atoms with Gasteiger partial charge in [0.25, 0.3) is 0 Å². The highest BCUT2D eigenvalue weighted by Crippen LogP contribution is 2.29. The number of rotatable bonds is 4. The summed E-state index contributed by atoms with van der Waals surface area (Å²) < 4.78 is 7.31. The first-order chi connectivity index (χ1) is 7.72. The molecule has 0 saturated heterocycles. The maximum atomic E-state index is 9.00. The summed E-state index contributed by atoms with van der Waals surface area (Å²) in [5.74, 6) is 1.44. The Morgan fingerprint density at radius 2 is 2.31 bits per heavy atom. The molecule has 1 saturated carbocycles. The Morgan fingerprint density at radius 1 is 1.56 bits per heavy atom. The molecule has 1 heterocycles. The van der Waals surface area contributed by atoms with Crippen LogP contribution in [0.3, 0.4) is 0 Å². The molecule has 0 amide bonds. The van der Waals surface area contributed by atoms with Gasteiger partial charge >= 0.3 is 0 Å². The van der Waals surface area contributed by atoms with Crippen molar-refractivity contribution in [3.63, 3.8) is 0 Å². The smallest absolute Gasteiger partial charge is 0.230 e. The van der Waals surface area contributed by atoms with E-state index in [-0.39, 0.29) is 0 Å². The number of hydrogen-bond acceptors (Lipinski definition) is 3. The SMILES string of the molecule is Cc1nn(C)c(OCCC2CCC2)c1C#N. The second kappa shape index (κ2) is 4.56. The maximum absolute atomic E-state index is 9.00. The molecule has 0 aliphatic heterocycles. The lowest BCUT2D eigenvalue weighted by atomic mass is 9.83. The van der Waals surface area contributed by atoms with Crippen LogP contribution in [0.2, 0.25) is 0 Å². The van der Waals surface area contributed by atoms with Crippen molar-refractivity contribution in [1.82, 2.24) is 9.78 Å². The van der Waals surface area contributed by atoms with Gasteiger partial charge in [0, 0.05) is 7.05 Å². The molecule has 1 aliphatic rings. The van der Waals surface area contributed by atoms with Crippen molar-refractivity contribution >= 4 is 0 Å². The molecule has 0 unspecified atom stereocenters. The summed E-state index contributed by atoms with van der Waals surface area (Å²) in [5, 5.41) is 13.2. The van der Waals surface area contributed by atoms with Crippen molar-refractivity contribution in [2.75, 3.05) is 6.61 Å². The third-order valence-electron chi connectivity index (χ3n) is 3.27. The number of nitrogens with zero attached hydrogens (tertiary/aromatic N) is 3. The first kappa shape index (κ1) is 11.0. The second-order valence-corrected chi connectivity index (χ2v) is 4.44. The molecule has 0 bridgehead atoms. The van der Waals surface area contributed by atoms with Crippen molar-refractivity contribution < 1.29 is 4.74 Å². The van der Waals surface area contributed by atoms with Crippen LogP contribution in [0.4, 0.5) is 0 Å². The minimum absolute atomic E-state index is 0.566. The first-order valence-corrected chi connectivity index (χ1v) is 5.79. The average Bonchev–Trinajstić information content (AvgIpc) is 2.45. The fourth-order valence-electron chi connectivity index (χ4n) is 2.04. The minimum atomic E-state index is 0.566. The lowest BCUT2D eigenvalue weighted by Gasteiger charge is -2.24. The van der Waals surface area contributed by atoms with Gasteiger partial charge in [0.15, 0.2) is 0 Å². The van der Waals surface area contributed by atoms with Gasteiger partial charge in [-0.05, 0) is 19.3 Å². The van der Waals surface area contributed by atoms with E-state index >= 15 is 0 Å². The van der Waals surface area contributed by atoms with E-state index < -0.39 is 0 Å². The van der Waals surface area contributed by atoms with Crippen LogP contribution in [0.1, 0.15) is 36.9 Å². The van der Waals surface area contributed by atoms with Crippen LogP contribution in [-0.4, -0.2) is 16.4 Å². The van der Waals surface area contributed by atoms with E-state index in [4.69, 9.17) is 10.00 Å². The fraction of sp³-hybridized carbons (Fsp3) is 0.667. The van der Waals surface area contributed by atoms with E-state index in [1.54, 1.807) is 4.68 Å². The number of nitriles is 1. The van der Waals surface area contributed by atoms with E-state index in [1.165, 1.54) is 19.3 Å². The fourth-order valence-corrected chi connectivity index (χ4v) is 2.04. The van der Waals surface area contributed by atoms with Gasteiger partial charge < -0.3 is 4.74 Å². The molecule has 1 aromatic rings. The van der Waals surface area contributed by atoms with Crippen LogP contribution in [0, 0.1) is 24.2 Å². The molecular formula is C12H17N3O. The van der Waals surface area contributed by atoms with E-state index in [0.29, 0.717) is 18.1 Å². The molecule has 4 heteroatoms. The second-order valence-electron chi connectivity index (χ2n) is 4.44. The summed E-state index contributed by atoms with van der Waals surface area (Å²) >= 11 is 0. The quantitative estimate of drug-likeness (QED) is 0.779. The Bertz CT molecular complexity index is 413. The normalized spacial score (nSPS) is 15.6. The summed E-state index contributed by atoms with van der Waals surface area (Å²) in [6.45, 7) is 2.52. The first-order valence-electron chi connectivity index (χ1n) is 5.79. The number of aromatic nitrogens is 2. The highest BCUT2D eigenvalue weighted by Gasteiger charge is 2.18. The van der Waals surface area contributed by atoms with Crippen molar-refractivity contribution in [1.29, 1.82) is 5.26 Å². The molecule has 16 heavy (non-hydrogen) atoms. The number of ether oxygens (including phenoxy) is 1. The van der Waals surface area contributed by atoms with Crippen LogP contribution in [0.5, 0.6) is 5.88 Å². The predicted octanol–water partition coefficient (Wildman–Crippen LogP) is 2.17. The molecule has 1 fully saturated rings. The Hall–Kier alpha value is -1.50. The summed E-state index contributed by atoms with van der Waals surface area (Å²) in [6.07, 6.45) is 5.12. The Labute approximate surface area is 95.8 Å². The monoisotopic (exact) mass is 219 g/mol. The zero-order valence-electron chi connectivity index (χ0n) is 9.86. The minimum Gasteiger partial charge on any atom is -0.477 e. The van der Waals surface area contributed by atoms with E-state index in [2.05, 4.69) is 11.2 Å². The van der Waals surface area contributed by atoms with Crippen molar-refractivity contribution in [2.24, 2.45) is 13.0 Å². The van der Waals surface area contributed by atoms with Crippen LogP contribution < -0.4 is 4.74 Å². The van der Waals surface area contributed by atoms with E-state index in [1.807, 2.05) is 14.0 Å². The zero-order valence-corrected chi connectivity index (χ0v) is 9.86. The largest absolute Gasteiger partial charge is 0.477 e. The van der Waals surface area contributed by atoms with E-state index in [9.17, 15) is 0 Å². The molecule has 4 nitrogen and oxygen atoms in total. The van der Waals surface area contributed by atoms with E-state index in [0.717, 1.165) is 18.0 Å². The van der Waals surface area contributed by atoms with Crippen LogP contribution in [0.25, 0.3) is 0 Å².